The predicted molar refractivity (Wildman–Crippen MR) is 75.5 cm³/mol. The van der Waals surface area contributed by atoms with E-state index in [0.717, 1.165) is 23.4 Å². The molecule has 104 valence electrons. The fraction of sp³-hybridized carbons (Fsp3) is 0.538. The third kappa shape index (κ3) is 2.79. The Bertz CT molecular complexity index is 472. The number of nitrogens with one attached hydrogen (secondary N) is 2. The molecule has 0 aromatic carbocycles. The smallest absolute Gasteiger partial charge is 0.264 e. The van der Waals surface area contributed by atoms with Gasteiger partial charge in [-0.1, -0.05) is 6.92 Å². The number of likely N-dealkylation sites (N-methyl/N-ethyl adjacent to an activating group) is 1. The van der Waals surface area contributed by atoms with Crippen LogP contribution in [-0.2, 0) is 11.2 Å². The highest BCUT2D eigenvalue weighted by Gasteiger charge is 2.33. The first-order valence-corrected chi connectivity index (χ1v) is 7.36. The molecule has 2 heterocycles. The van der Waals surface area contributed by atoms with Crippen LogP contribution in [0.25, 0.3) is 0 Å². The lowest BCUT2D eigenvalue weighted by molar-refractivity contribution is -0.125. The normalized spacial score (nSPS) is 19.3. The Hall–Kier alpha value is -1.40. The number of piperazine rings is 1. The molecule has 1 fully saturated rings. The molecule has 1 aromatic heterocycles. The molecule has 0 bridgehead atoms. The summed E-state index contributed by atoms with van der Waals surface area (Å²) in [5, 5.41) is 7.72. The third-order valence-electron chi connectivity index (χ3n) is 3.38. The van der Waals surface area contributed by atoms with Crippen molar-refractivity contribution in [1.82, 2.24) is 15.5 Å². The van der Waals surface area contributed by atoms with E-state index >= 15 is 0 Å². The van der Waals surface area contributed by atoms with Crippen molar-refractivity contribution in [3.05, 3.63) is 21.9 Å². The first kappa shape index (κ1) is 14.0. The maximum atomic E-state index is 12.6. The Morgan fingerprint density at radius 3 is 3.05 bits per heavy atom. The molecule has 19 heavy (non-hydrogen) atoms. The first-order valence-electron chi connectivity index (χ1n) is 6.48. The quantitative estimate of drug-likeness (QED) is 0.847. The van der Waals surface area contributed by atoms with Gasteiger partial charge in [0, 0.05) is 26.7 Å². The molecule has 0 spiro atoms. The van der Waals surface area contributed by atoms with E-state index in [-0.39, 0.29) is 11.8 Å². The molecule has 1 saturated heterocycles. The summed E-state index contributed by atoms with van der Waals surface area (Å²) in [6.45, 7) is 3.84. The van der Waals surface area contributed by atoms with Gasteiger partial charge in [0.2, 0.25) is 5.91 Å². The first-order chi connectivity index (χ1) is 9.19. The van der Waals surface area contributed by atoms with Crippen LogP contribution in [0.1, 0.15) is 22.2 Å². The number of amides is 2. The van der Waals surface area contributed by atoms with Crippen LogP contribution in [0.15, 0.2) is 11.4 Å². The second kappa shape index (κ2) is 6.16. The van der Waals surface area contributed by atoms with Crippen molar-refractivity contribution in [3.8, 4) is 0 Å². The van der Waals surface area contributed by atoms with Crippen molar-refractivity contribution in [2.45, 2.75) is 19.4 Å². The van der Waals surface area contributed by atoms with Crippen LogP contribution in [0.5, 0.6) is 0 Å². The van der Waals surface area contributed by atoms with Crippen molar-refractivity contribution in [3.63, 3.8) is 0 Å². The molecule has 1 unspecified atom stereocenters. The Morgan fingerprint density at radius 1 is 1.58 bits per heavy atom. The fourth-order valence-electron chi connectivity index (χ4n) is 2.28. The summed E-state index contributed by atoms with van der Waals surface area (Å²) in [7, 11) is 1.60. The van der Waals surface area contributed by atoms with Crippen molar-refractivity contribution >= 4 is 23.2 Å². The van der Waals surface area contributed by atoms with Gasteiger partial charge in [0.25, 0.3) is 5.91 Å². The summed E-state index contributed by atoms with van der Waals surface area (Å²) in [5.41, 5.74) is 1.06. The number of hydrogen-bond acceptors (Lipinski definition) is 4. The van der Waals surface area contributed by atoms with Crippen LogP contribution in [-0.4, -0.2) is 49.4 Å². The monoisotopic (exact) mass is 281 g/mol. The molecule has 2 rings (SSSR count). The van der Waals surface area contributed by atoms with E-state index in [1.165, 1.54) is 11.3 Å². The zero-order valence-electron chi connectivity index (χ0n) is 11.2. The zero-order chi connectivity index (χ0) is 13.8. The number of thiophene rings is 1. The lowest BCUT2D eigenvalue weighted by Crippen LogP contribution is -2.59. The molecule has 0 aliphatic carbocycles. The van der Waals surface area contributed by atoms with Gasteiger partial charge < -0.3 is 15.5 Å². The molecule has 6 heteroatoms. The predicted octanol–water partition coefficient (Wildman–Crippen LogP) is 0.471. The van der Waals surface area contributed by atoms with Crippen LogP contribution in [0.4, 0.5) is 0 Å². The number of aryl methyl sites for hydroxylation is 1. The van der Waals surface area contributed by atoms with E-state index in [4.69, 9.17) is 0 Å². The summed E-state index contributed by atoms with van der Waals surface area (Å²) in [6.07, 6.45) is 0.835. The summed E-state index contributed by atoms with van der Waals surface area (Å²) < 4.78 is 0. The Kier molecular flexibility index (Phi) is 4.55. The molecule has 2 N–H and O–H groups in total. The average molecular weight is 281 g/mol. The standard InChI is InChI=1S/C13H19N3O2S/c1-3-9-4-7-19-11(9)13(18)16-6-5-15-8-10(16)12(17)14-2/h4,7,10,15H,3,5-6,8H2,1-2H3,(H,14,17). The van der Waals surface area contributed by atoms with Crippen molar-refractivity contribution in [2.75, 3.05) is 26.7 Å². The van der Waals surface area contributed by atoms with Crippen LogP contribution in [0, 0.1) is 0 Å². The number of hydrogen-bond donors (Lipinski definition) is 2. The van der Waals surface area contributed by atoms with Gasteiger partial charge in [-0.25, -0.2) is 0 Å². The largest absolute Gasteiger partial charge is 0.357 e. The molecular weight excluding hydrogens is 262 g/mol. The summed E-state index contributed by atoms with van der Waals surface area (Å²) in [5.74, 6) is -0.142. The highest BCUT2D eigenvalue weighted by molar-refractivity contribution is 7.12. The van der Waals surface area contributed by atoms with Gasteiger partial charge in [-0.05, 0) is 23.4 Å². The number of carbonyl (C=O) groups excluding carboxylic acids is 2. The Labute approximate surface area is 117 Å². The second-order valence-electron chi connectivity index (χ2n) is 4.46. The molecule has 1 atom stereocenters. The van der Waals surface area contributed by atoms with Gasteiger partial charge in [0.15, 0.2) is 0 Å². The average Bonchev–Trinajstić information content (AvgIpc) is 2.94. The molecule has 0 radical (unpaired) electrons. The second-order valence-corrected chi connectivity index (χ2v) is 5.38. The minimum Gasteiger partial charge on any atom is -0.357 e. The van der Waals surface area contributed by atoms with Gasteiger partial charge in [0.05, 0.1) is 4.88 Å². The summed E-state index contributed by atoms with van der Waals surface area (Å²) in [4.78, 5) is 26.9. The highest BCUT2D eigenvalue weighted by atomic mass is 32.1. The van der Waals surface area contributed by atoms with E-state index in [1.807, 2.05) is 18.4 Å². The molecule has 0 saturated carbocycles. The van der Waals surface area contributed by atoms with E-state index < -0.39 is 6.04 Å². The topological polar surface area (TPSA) is 61.4 Å². The lowest BCUT2D eigenvalue weighted by Gasteiger charge is -2.34. The molecule has 1 aliphatic rings. The highest BCUT2D eigenvalue weighted by Crippen LogP contribution is 2.21. The molecule has 1 aliphatic heterocycles. The minimum atomic E-state index is -0.418. The number of carbonyl (C=O) groups is 2. The van der Waals surface area contributed by atoms with E-state index in [2.05, 4.69) is 10.6 Å². The third-order valence-corrected chi connectivity index (χ3v) is 4.32. The van der Waals surface area contributed by atoms with Crippen molar-refractivity contribution in [1.29, 1.82) is 0 Å². The lowest BCUT2D eigenvalue weighted by atomic mass is 10.1. The Balaban J connectivity index is 2.22. The van der Waals surface area contributed by atoms with Gasteiger partial charge in [-0.2, -0.15) is 0 Å². The molecule has 5 nitrogen and oxygen atoms in total. The van der Waals surface area contributed by atoms with Crippen LogP contribution in [0.2, 0.25) is 0 Å². The minimum absolute atomic E-state index is 0.0260. The van der Waals surface area contributed by atoms with Crippen molar-refractivity contribution in [2.24, 2.45) is 0 Å². The molecular formula is C13H19N3O2S. The van der Waals surface area contributed by atoms with Crippen molar-refractivity contribution < 1.29 is 9.59 Å². The van der Waals surface area contributed by atoms with Gasteiger partial charge in [0.1, 0.15) is 6.04 Å². The van der Waals surface area contributed by atoms with Crippen LogP contribution in [0.3, 0.4) is 0 Å². The number of rotatable bonds is 3. The SMILES string of the molecule is CCc1ccsc1C(=O)N1CCNCC1C(=O)NC. The maximum absolute atomic E-state index is 12.6. The summed E-state index contributed by atoms with van der Waals surface area (Å²) >= 11 is 1.45. The fourth-order valence-corrected chi connectivity index (χ4v) is 3.23. The Morgan fingerprint density at radius 2 is 2.37 bits per heavy atom. The summed E-state index contributed by atoms with van der Waals surface area (Å²) in [6, 6.07) is 1.56. The van der Waals surface area contributed by atoms with Gasteiger partial charge in [-0.15, -0.1) is 11.3 Å². The number of nitrogens with zero attached hydrogens (tertiary/aromatic N) is 1. The van der Waals surface area contributed by atoms with Crippen LogP contribution < -0.4 is 10.6 Å². The zero-order valence-corrected chi connectivity index (χ0v) is 12.0. The van der Waals surface area contributed by atoms with E-state index in [0.29, 0.717) is 13.1 Å². The molecule has 2 amide bonds. The van der Waals surface area contributed by atoms with Gasteiger partial charge in [-0.3, -0.25) is 9.59 Å². The van der Waals surface area contributed by atoms with Gasteiger partial charge >= 0.3 is 0 Å². The van der Waals surface area contributed by atoms with E-state index in [9.17, 15) is 9.59 Å². The molecule has 1 aromatic rings. The van der Waals surface area contributed by atoms with E-state index in [1.54, 1.807) is 11.9 Å². The van der Waals surface area contributed by atoms with Crippen LogP contribution >= 0.6 is 11.3 Å². The maximum Gasteiger partial charge on any atom is 0.264 e.